The molecule has 17 heavy (non-hydrogen) atoms. The first-order chi connectivity index (χ1) is 8.22. The summed E-state index contributed by atoms with van der Waals surface area (Å²) in [5.41, 5.74) is 1.63. The van der Waals surface area contributed by atoms with Crippen LogP contribution >= 0.6 is 23.4 Å². The number of thioether (sulfide) groups is 1. The van der Waals surface area contributed by atoms with Gasteiger partial charge in [0.1, 0.15) is 0 Å². The Hall–Kier alpha value is -0.710. The number of benzene rings is 1. The second kappa shape index (κ2) is 8.39. The van der Waals surface area contributed by atoms with Crippen LogP contribution in [0.25, 0.3) is 0 Å². The summed E-state index contributed by atoms with van der Waals surface area (Å²) in [5, 5.41) is 9.05. The van der Waals surface area contributed by atoms with Crippen molar-refractivity contribution < 1.29 is 10.0 Å². The van der Waals surface area contributed by atoms with Gasteiger partial charge in [-0.25, -0.2) is 5.48 Å². The molecule has 1 amide bonds. The van der Waals surface area contributed by atoms with Gasteiger partial charge in [-0.05, 0) is 36.8 Å². The predicted octanol–water partition coefficient (Wildman–Crippen LogP) is 3.50. The zero-order chi connectivity index (χ0) is 12.5. The minimum absolute atomic E-state index is 0.313. The highest BCUT2D eigenvalue weighted by Crippen LogP contribution is 2.22. The van der Waals surface area contributed by atoms with Crippen molar-refractivity contribution in [3.63, 3.8) is 0 Å². The summed E-state index contributed by atoms with van der Waals surface area (Å²) < 4.78 is 0. The molecule has 1 aromatic carbocycles. The Bertz CT molecular complexity index is 360. The van der Waals surface area contributed by atoms with Gasteiger partial charge >= 0.3 is 0 Å². The number of unbranched alkanes of at least 4 members (excludes halogenated alkanes) is 2. The molecule has 94 valence electrons. The zero-order valence-corrected chi connectivity index (χ0v) is 11.1. The van der Waals surface area contributed by atoms with Crippen LogP contribution in [0.2, 0.25) is 5.02 Å². The van der Waals surface area contributed by atoms with Gasteiger partial charge in [0, 0.05) is 16.3 Å². The average Bonchev–Trinajstić information content (AvgIpc) is 2.33. The summed E-state index contributed by atoms with van der Waals surface area (Å²) >= 11 is 7.64. The van der Waals surface area contributed by atoms with E-state index in [4.69, 9.17) is 16.8 Å². The second-order valence-corrected chi connectivity index (χ2v) is 5.26. The van der Waals surface area contributed by atoms with Crippen LogP contribution in [0, 0.1) is 0 Å². The molecule has 0 saturated carbocycles. The minimum atomic E-state index is -0.313. The molecule has 0 unspecified atom stereocenters. The Balaban J connectivity index is 2.06. The molecule has 3 nitrogen and oxygen atoms in total. The molecule has 0 spiro atoms. The van der Waals surface area contributed by atoms with Crippen LogP contribution < -0.4 is 5.48 Å². The SMILES string of the molecule is O=C(CCCCCSc1cccc(Cl)c1)NO. The number of amides is 1. The van der Waals surface area contributed by atoms with E-state index >= 15 is 0 Å². The Kier molecular flexibility index (Phi) is 7.08. The summed E-state index contributed by atoms with van der Waals surface area (Å²) in [5.74, 6) is 0.702. The zero-order valence-electron chi connectivity index (χ0n) is 9.49. The maximum atomic E-state index is 10.7. The van der Waals surface area contributed by atoms with Gasteiger partial charge in [0.2, 0.25) is 5.91 Å². The van der Waals surface area contributed by atoms with Crippen LogP contribution in [0.15, 0.2) is 29.2 Å². The lowest BCUT2D eigenvalue weighted by Crippen LogP contribution is -2.17. The van der Waals surface area contributed by atoms with Gasteiger partial charge < -0.3 is 0 Å². The molecule has 2 N–H and O–H groups in total. The molecule has 0 fully saturated rings. The van der Waals surface area contributed by atoms with E-state index in [-0.39, 0.29) is 5.91 Å². The fourth-order valence-electron chi connectivity index (χ4n) is 1.37. The van der Waals surface area contributed by atoms with Crippen molar-refractivity contribution in [2.24, 2.45) is 0 Å². The van der Waals surface area contributed by atoms with E-state index in [1.54, 1.807) is 17.2 Å². The largest absolute Gasteiger partial charge is 0.289 e. The van der Waals surface area contributed by atoms with E-state index in [9.17, 15) is 4.79 Å². The molecular weight excluding hydrogens is 258 g/mol. The Labute approximate surface area is 111 Å². The number of carbonyl (C=O) groups excluding carboxylic acids is 1. The molecule has 0 aromatic heterocycles. The summed E-state index contributed by atoms with van der Waals surface area (Å²) in [6, 6.07) is 7.79. The van der Waals surface area contributed by atoms with E-state index in [2.05, 4.69) is 0 Å². The fourth-order valence-corrected chi connectivity index (χ4v) is 2.59. The molecule has 0 atom stereocenters. The molecule has 0 heterocycles. The predicted molar refractivity (Wildman–Crippen MR) is 70.6 cm³/mol. The number of halogens is 1. The van der Waals surface area contributed by atoms with Crippen molar-refractivity contribution in [2.75, 3.05) is 5.75 Å². The summed E-state index contributed by atoms with van der Waals surface area (Å²) in [6.07, 6.45) is 3.23. The molecular formula is C12H16ClNO2S. The van der Waals surface area contributed by atoms with Crippen LogP contribution in [-0.2, 0) is 4.79 Å². The molecule has 0 saturated heterocycles. The van der Waals surface area contributed by atoms with Gasteiger partial charge in [0.05, 0.1) is 0 Å². The van der Waals surface area contributed by atoms with Crippen LogP contribution in [0.3, 0.4) is 0 Å². The average molecular weight is 274 g/mol. The molecule has 0 aliphatic heterocycles. The summed E-state index contributed by atoms with van der Waals surface area (Å²) in [7, 11) is 0. The Morgan fingerprint density at radius 3 is 2.88 bits per heavy atom. The lowest BCUT2D eigenvalue weighted by Gasteiger charge is -2.02. The molecule has 0 radical (unpaired) electrons. The molecule has 0 aliphatic rings. The molecule has 5 heteroatoms. The van der Waals surface area contributed by atoms with Gasteiger partial charge in [-0.1, -0.05) is 24.1 Å². The topological polar surface area (TPSA) is 49.3 Å². The first kappa shape index (κ1) is 14.4. The Morgan fingerprint density at radius 2 is 2.18 bits per heavy atom. The highest BCUT2D eigenvalue weighted by molar-refractivity contribution is 7.99. The van der Waals surface area contributed by atoms with Crippen molar-refractivity contribution in [1.82, 2.24) is 5.48 Å². The number of hydrogen-bond donors (Lipinski definition) is 2. The lowest BCUT2D eigenvalue weighted by atomic mass is 10.2. The molecule has 1 rings (SSSR count). The standard InChI is InChI=1S/C12H16ClNO2S/c13-10-5-4-6-11(9-10)17-8-3-1-2-7-12(15)14-16/h4-6,9,16H,1-3,7-8H2,(H,14,15). The second-order valence-electron chi connectivity index (χ2n) is 3.65. The lowest BCUT2D eigenvalue weighted by molar-refractivity contribution is -0.129. The first-order valence-electron chi connectivity index (χ1n) is 5.53. The molecule has 1 aromatic rings. The van der Waals surface area contributed by atoms with Crippen LogP contribution in [0.4, 0.5) is 0 Å². The third-order valence-electron chi connectivity index (χ3n) is 2.24. The van der Waals surface area contributed by atoms with Crippen molar-refractivity contribution in [1.29, 1.82) is 0 Å². The van der Waals surface area contributed by atoms with E-state index < -0.39 is 0 Å². The third kappa shape index (κ3) is 6.56. The number of hydrogen-bond acceptors (Lipinski definition) is 3. The highest BCUT2D eigenvalue weighted by Gasteiger charge is 1.99. The fraction of sp³-hybridized carbons (Fsp3) is 0.417. The van der Waals surface area contributed by atoms with Gasteiger partial charge in [0.15, 0.2) is 0 Å². The molecule has 0 aliphatic carbocycles. The number of carbonyl (C=O) groups is 1. The van der Waals surface area contributed by atoms with E-state index in [1.165, 1.54) is 4.90 Å². The maximum Gasteiger partial charge on any atom is 0.243 e. The quantitative estimate of drug-likeness (QED) is 0.346. The maximum absolute atomic E-state index is 10.7. The van der Waals surface area contributed by atoms with E-state index in [0.717, 1.165) is 30.0 Å². The summed E-state index contributed by atoms with van der Waals surface area (Å²) in [4.78, 5) is 11.9. The third-order valence-corrected chi connectivity index (χ3v) is 3.55. The van der Waals surface area contributed by atoms with Crippen LogP contribution in [-0.4, -0.2) is 16.9 Å². The van der Waals surface area contributed by atoms with Crippen molar-refractivity contribution in [2.45, 2.75) is 30.6 Å². The van der Waals surface area contributed by atoms with Gasteiger partial charge in [-0.2, -0.15) is 0 Å². The number of hydroxylamine groups is 1. The minimum Gasteiger partial charge on any atom is -0.289 e. The monoisotopic (exact) mass is 273 g/mol. The molecule has 0 bridgehead atoms. The number of nitrogens with one attached hydrogen (secondary N) is 1. The van der Waals surface area contributed by atoms with E-state index in [0.29, 0.717) is 6.42 Å². The van der Waals surface area contributed by atoms with Crippen LogP contribution in [0.5, 0.6) is 0 Å². The van der Waals surface area contributed by atoms with E-state index in [1.807, 2.05) is 24.3 Å². The van der Waals surface area contributed by atoms with Gasteiger partial charge in [0.25, 0.3) is 0 Å². The van der Waals surface area contributed by atoms with Gasteiger partial charge in [-0.3, -0.25) is 10.0 Å². The summed E-state index contributed by atoms with van der Waals surface area (Å²) in [6.45, 7) is 0. The van der Waals surface area contributed by atoms with Crippen molar-refractivity contribution >= 4 is 29.3 Å². The highest BCUT2D eigenvalue weighted by atomic mass is 35.5. The first-order valence-corrected chi connectivity index (χ1v) is 6.90. The van der Waals surface area contributed by atoms with Crippen molar-refractivity contribution in [3.05, 3.63) is 29.3 Å². The smallest absolute Gasteiger partial charge is 0.243 e. The Morgan fingerprint density at radius 1 is 1.35 bits per heavy atom. The number of rotatable bonds is 7. The normalized spacial score (nSPS) is 10.2. The van der Waals surface area contributed by atoms with Crippen molar-refractivity contribution in [3.8, 4) is 0 Å². The van der Waals surface area contributed by atoms with Gasteiger partial charge in [-0.15, -0.1) is 11.8 Å². The van der Waals surface area contributed by atoms with Crippen LogP contribution in [0.1, 0.15) is 25.7 Å².